The van der Waals surface area contributed by atoms with Crippen molar-refractivity contribution in [1.82, 2.24) is 10.0 Å². The number of rotatable bonds is 5. The largest absolute Gasteiger partial charge is 0.490 e. The van der Waals surface area contributed by atoms with Crippen molar-refractivity contribution < 1.29 is 13.2 Å². The number of hydrogen-bond acceptors (Lipinski definition) is 4. The summed E-state index contributed by atoms with van der Waals surface area (Å²) in [6, 6.07) is 5.11. The Morgan fingerprint density at radius 1 is 1.41 bits per heavy atom. The first kappa shape index (κ1) is 17.5. The molecule has 0 amide bonds. The second-order valence-corrected chi connectivity index (χ2v) is 7.71. The molecular weight excluding hydrogens is 324 g/mol. The fraction of sp³-hybridized carbons (Fsp3) is 0.600. The molecule has 2 aliphatic heterocycles. The van der Waals surface area contributed by atoms with Crippen molar-refractivity contribution in [3.05, 3.63) is 23.8 Å². The molecule has 22 heavy (non-hydrogen) atoms. The van der Waals surface area contributed by atoms with E-state index in [1.165, 1.54) is 0 Å². The van der Waals surface area contributed by atoms with Crippen LogP contribution in [0.2, 0.25) is 0 Å². The average molecular weight is 347 g/mol. The number of fused-ring (bicyclic) bond motifs is 1. The Labute approximate surface area is 138 Å². The topological polar surface area (TPSA) is 67.4 Å². The molecule has 2 atom stereocenters. The monoisotopic (exact) mass is 346 g/mol. The summed E-state index contributed by atoms with van der Waals surface area (Å²) in [5.74, 6) is 1.39. The van der Waals surface area contributed by atoms with Gasteiger partial charge in [0, 0.05) is 13.0 Å². The summed E-state index contributed by atoms with van der Waals surface area (Å²) in [7, 11) is -3.42. The van der Waals surface area contributed by atoms with Crippen LogP contribution in [-0.4, -0.2) is 34.2 Å². The molecule has 0 aliphatic carbocycles. The maximum absolute atomic E-state index is 12.3. The molecule has 0 spiro atoms. The molecule has 0 radical (unpaired) electrons. The van der Waals surface area contributed by atoms with Gasteiger partial charge in [0.2, 0.25) is 10.0 Å². The van der Waals surface area contributed by atoms with Crippen LogP contribution in [0.1, 0.15) is 25.3 Å². The smallest absolute Gasteiger partial charge is 0.240 e. The van der Waals surface area contributed by atoms with Crippen LogP contribution in [0.25, 0.3) is 0 Å². The lowest BCUT2D eigenvalue weighted by Crippen LogP contribution is -2.26. The van der Waals surface area contributed by atoms with Gasteiger partial charge in [-0.1, -0.05) is 0 Å². The first-order chi connectivity index (χ1) is 10.0. The Kier molecular flexibility index (Phi) is 5.71. The molecule has 0 aromatic heterocycles. The minimum atomic E-state index is -3.42. The highest BCUT2D eigenvalue weighted by atomic mass is 35.5. The maximum Gasteiger partial charge on any atom is 0.240 e. The number of sulfonamides is 1. The van der Waals surface area contributed by atoms with Crippen molar-refractivity contribution in [2.24, 2.45) is 5.92 Å². The Morgan fingerprint density at radius 3 is 2.95 bits per heavy atom. The zero-order valence-corrected chi connectivity index (χ0v) is 14.3. The second kappa shape index (κ2) is 7.17. The lowest BCUT2D eigenvalue weighted by atomic mass is 10.1. The van der Waals surface area contributed by atoms with Crippen LogP contribution in [0, 0.1) is 5.92 Å². The molecule has 1 saturated heterocycles. The average Bonchev–Trinajstić information content (AvgIpc) is 3.05. The third kappa shape index (κ3) is 3.93. The zero-order chi connectivity index (χ0) is 14.9. The van der Waals surface area contributed by atoms with Crippen LogP contribution < -0.4 is 14.8 Å². The molecule has 7 heteroatoms. The van der Waals surface area contributed by atoms with Crippen molar-refractivity contribution in [3.63, 3.8) is 0 Å². The SMILES string of the molecule is CC1Cc2cc(S(=O)(=O)NCCC3CCNC3)ccc2O1.Cl. The first-order valence-corrected chi connectivity index (χ1v) is 9.03. The summed E-state index contributed by atoms with van der Waals surface area (Å²) in [5.41, 5.74) is 0.977. The van der Waals surface area contributed by atoms with Crippen molar-refractivity contribution in [2.75, 3.05) is 19.6 Å². The van der Waals surface area contributed by atoms with Gasteiger partial charge < -0.3 is 10.1 Å². The van der Waals surface area contributed by atoms with E-state index in [-0.39, 0.29) is 18.5 Å². The number of nitrogens with one attached hydrogen (secondary N) is 2. The van der Waals surface area contributed by atoms with E-state index in [1.54, 1.807) is 18.2 Å². The number of hydrogen-bond donors (Lipinski definition) is 2. The highest BCUT2D eigenvalue weighted by Gasteiger charge is 2.23. The first-order valence-electron chi connectivity index (χ1n) is 7.54. The van der Waals surface area contributed by atoms with Crippen LogP contribution in [-0.2, 0) is 16.4 Å². The van der Waals surface area contributed by atoms with E-state index >= 15 is 0 Å². The van der Waals surface area contributed by atoms with Gasteiger partial charge in [0.15, 0.2) is 0 Å². The third-order valence-electron chi connectivity index (χ3n) is 4.18. The molecule has 0 saturated carbocycles. The molecular formula is C15H23ClN2O3S. The fourth-order valence-corrected chi connectivity index (χ4v) is 4.10. The summed E-state index contributed by atoms with van der Waals surface area (Å²) < 4.78 is 32.9. The fourth-order valence-electron chi connectivity index (χ4n) is 3.01. The highest BCUT2D eigenvalue weighted by Crippen LogP contribution is 2.30. The van der Waals surface area contributed by atoms with Gasteiger partial charge in [0.05, 0.1) is 4.90 Å². The van der Waals surface area contributed by atoms with Crippen LogP contribution >= 0.6 is 12.4 Å². The van der Waals surface area contributed by atoms with Crippen molar-refractivity contribution in [2.45, 2.75) is 37.2 Å². The third-order valence-corrected chi connectivity index (χ3v) is 5.64. The molecule has 2 aliphatic rings. The van der Waals surface area contributed by atoms with Gasteiger partial charge >= 0.3 is 0 Å². The lowest BCUT2D eigenvalue weighted by Gasteiger charge is -2.10. The Morgan fingerprint density at radius 2 is 2.23 bits per heavy atom. The lowest BCUT2D eigenvalue weighted by molar-refractivity contribution is 0.254. The molecule has 0 bridgehead atoms. The second-order valence-electron chi connectivity index (χ2n) is 5.95. The highest BCUT2D eigenvalue weighted by molar-refractivity contribution is 7.89. The molecule has 2 unspecified atom stereocenters. The van der Waals surface area contributed by atoms with Gasteiger partial charge in [-0.25, -0.2) is 13.1 Å². The molecule has 1 fully saturated rings. The Hall–Kier alpha value is -0.820. The molecule has 124 valence electrons. The van der Waals surface area contributed by atoms with Crippen LogP contribution in [0.5, 0.6) is 5.75 Å². The number of halogens is 1. The van der Waals surface area contributed by atoms with Gasteiger partial charge in [0.25, 0.3) is 0 Å². The number of ether oxygens (including phenoxy) is 1. The van der Waals surface area contributed by atoms with E-state index in [2.05, 4.69) is 10.0 Å². The molecule has 2 N–H and O–H groups in total. The Bertz CT molecular complexity index is 615. The predicted molar refractivity (Wildman–Crippen MR) is 88.3 cm³/mol. The normalized spacial score (nSPS) is 23.7. The van der Waals surface area contributed by atoms with Gasteiger partial charge in [-0.15, -0.1) is 12.4 Å². The minimum Gasteiger partial charge on any atom is -0.490 e. The summed E-state index contributed by atoms with van der Waals surface area (Å²) >= 11 is 0. The summed E-state index contributed by atoms with van der Waals surface area (Å²) in [5, 5.41) is 3.29. The van der Waals surface area contributed by atoms with Crippen LogP contribution in [0.3, 0.4) is 0 Å². The Balaban J connectivity index is 0.00000176. The van der Waals surface area contributed by atoms with E-state index in [0.717, 1.165) is 43.7 Å². The van der Waals surface area contributed by atoms with E-state index in [0.29, 0.717) is 17.4 Å². The van der Waals surface area contributed by atoms with Crippen molar-refractivity contribution in [1.29, 1.82) is 0 Å². The van der Waals surface area contributed by atoms with Gasteiger partial charge in [-0.05, 0) is 62.5 Å². The zero-order valence-electron chi connectivity index (χ0n) is 12.7. The molecule has 5 nitrogen and oxygen atoms in total. The standard InChI is InChI=1S/C15H22N2O3S.ClH/c1-11-8-13-9-14(2-3-15(13)20-11)21(18,19)17-7-5-12-4-6-16-10-12;/h2-3,9,11-12,16-17H,4-8,10H2,1H3;1H. The molecule has 3 rings (SSSR count). The van der Waals surface area contributed by atoms with E-state index in [9.17, 15) is 8.42 Å². The molecule has 2 heterocycles. The van der Waals surface area contributed by atoms with Crippen molar-refractivity contribution >= 4 is 22.4 Å². The van der Waals surface area contributed by atoms with E-state index in [1.807, 2.05) is 6.92 Å². The van der Waals surface area contributed by atoms with Crippen LogP contribution in [0.4, 0.5) is 0 Å². The van der Waals surface area contributed by atoms with Gasteiger partial charge in [0.1, 0.15) is 11.9 Å². The summed E-state index contributed by atoms with van der Waals surface area (Å²) in [6.07, 6.45) is 2.92. The van der Waals surface area contributed by atoms with E-state index in [4.69, 9.17) is 4.74 Å². The number of benzene rings is 1. The van der Waals surface area contributed by atoms with E-state index < -0.39 is 10.0 Å². The minimum absolute atomic E-state index is 0. The van der Waals surface area contributed by atoms with Crippen molar-refractivity contribution in [3.8, 4) is 5.75 Å². The predicted octanol–water partition coefficient (Wildman–Crippen LogP) is 1.71. The summed E-state index contributed by atoms with van der Waals surface area (Å²) in [4.78, 5) is 0.337. The summed E-state index contributed by atoms with van der Waals surface area (Å²) in [6.45, 7) is 4.52. The van der Waals surface area contributed by atoms with Gasteiger partial charge in [-0.2, -0.15) is 0 Å². The van der Waals surface area contributed by atoms with Crippen LogP contribution in [0.15, 0.2) is 23.1 Å². The molecule has 1 aromatic carbocycles. The van der Waals surface area contributed by atoms with Gasteiger partial charge in [-0.3, -0.25) is 0 Å². The quantitative estimate of drug-likeness (QED) is 0.851. The maximum atomic E-state index is 12.3. The molecule has 1 aromatic rings.